The van der Waals surface area contributed by atoms with E-state index in [0.717, 1.165) is 27.8 Å². The average molecular weight is 317 g/mol. The summed E-state index contributed by atoms with van der Waals surface area (Å²) < 4.78 is 3.53. The van der Waals surface area contributed by atoms with Crippen molar-refractivity contribution in [3.05, 3.63) is 60.9 Å². The van der Waals surface area contributed by atoms with Crippen LogP contribution in [0.25, 0.3) is 22.2 Å². The molecule has 2 heterocycles. The van der Waals surface area contributed by atoms with Crippen LogP contribution >= 0.6 is 0 Å². The lowest BCUT2D eigenvalue weighted by atomic mass is 10.1. The van der Waals surface area contributed by atoms with Crippen LogP contribution in [0.1, 0.15) is 0 Å². The Morgan fingerprint density at radius 2 is 1.75 bits per heavy atom. The Balaban J connectivity index is 1.90. The molecule has 0 saturated carbocycles. The van der Waals surface area contributed by atoms with E-state index in [-0.39, 0.29) is 0 Å². The molecule has 4 rings (SSSR count). The molecule has 6 heteroatoms. The van der Waals surface area contributed by atoms with Crippen molar-refractivity contribution >= 4 is 22.5 Å². The van der Waals surface area contributed by atoms with Gasteiger partial charge in [-0.3, -0.25) is 0 Å². The van der Waals surface area contributed by atoms with E-state index in [1.165, 1.54) is 0 Å². The van der Waals surface area contributed by atoms with Crippen molar-refractivity contribution < 1.29 is 4.57 Å². The molecule has 0 unspecified atom stereocenters. The first-order valence-electron chi connectivity index (χ1n) is 7.69. The van der Waals surface area contributed by atoms with Crippen molar-refractivity contribution in [2.75, 3.05) is 0 Å². The highest BCUT2D eigenvalue weighted by Crippen LogP contribution is 2.37. The standard InChI is InChI=1S/C18H16N6/c1-23-12-19-24(2)18(23)22-21-17-14-10-6-7-11-15(14)20-16(17)13-8-4-3-5-9-13/h3-12H,1-2H3/p+1. The minimum atomic E-state index is 0.680. The van der Waals surface area contributed by atoms with Gasteiger partial charge in [0.15, 0.2) is 0 Å². The zero-order valence-electron chi connectivity index (χ0n) is 13.5. The van der Waals surface area contributed by atoms with Gasteiger partial charge in [0.25, 0.3) is 0 Å². The van der Waals surface area contributed by atoms with E-state index in [4.69, 9.17) is 0 Å². The summed E-state index contributed by atoms with van der Waals surface area (Å²) >= 11 is 0. The number of hydrogen-bond donors (Lipinski definition) is 1. The van der Waals surface area contributed by atoms with Gasteiger partial charge in [-0.1, -0.05) is 53.6 Å². The van der Waals surface area contributed by atoms with Gasteiger partial charge in [-0.25, -0.2) is 4.57 Å². The van der Waals surface area contributed by atoms with Gasteiger partial charge in [0.1, 0.15) is 5.69 Å². The Morgan fingerprint density at radius 3 is 2.50 bits per heavy atom. The van der Waals surface area contributed by atoms with Crippen molar-refractivity contribution in [3.63, 3.8) is 0 Å². The molecule has 0 bridgehead atoms. The van der Waals surface area contributed by atoms with Crippen molar-refractivity contribution in [1.82, 2.24) is 14.8 Å². The molecular weight excluding hydrogens is 300 g/mol. The Labute approximate surface area is 139 Å². The molecule has 118 valence electrons. The number of H-pyrrole nitrogens is 1. The summed E-state index contributed by atoms with van der Waals surface area (Å²) in [6.45, 7) is 0. The Bertz CT molecular complexity index is 1010. The largest absolute Gasteiger partial charge is 0.403 e. The van der Waals surface area contributed by atoms with Gasteiger partial charge in [-0.2, -0.15) is 0 Å². The maximum Gasteiger partial charge on any atom is 0.403 e. The third-order valence-electron chi connectivity index (χ3n) is 3.98. The molecule has 2 aromatic carbocycles. The van der Waals surface area contributed by atoms with E-state index in [9.17, 15) is 0 Å². The quantitative estimate of drug-likeness (QED) is 0.453. The number of aromatic amines is 1. The molecule has 0 spiro atoms. The van der Waals surface area contributed by atoms with Gasteiger partial charge in [0, 0.05) is 21.6 Å². The van der Waals surface area contributed by atoms with E-state index in [1.54, 1.807) is 11.0 Å². The van der Waals surface area contributed by atoms with E-state index in [2.05, 4.69) is 38.5 Å². The lowest BCUT2D eigenvalue weighted by molar-refractivity contribution is -0.659. The second-order valence-electron chi connectivity index (χ2n) is 5.63. The SMILES string of the molecule is Cn1nc[n+](C)c1N=Nc1c(-c2ccccc2)[nH]c2ccccc12. The molecule has 0 aliphatic carbocycles. The number of benzene rings is 2. The Kier molecular flexibility index (Phi) is 3.42. The second kappa shape index (κ2) is 5.73. The van der Waals surface area contributed by atoms with E-state index in [0.29, 0.717) is 5.95 Å². The van der Waals surface area contributed by atoms with Crippen LogP contribution < -0.4 is 4.57 Å². The molecule has 0 radical (unpaired) electrons. The molecule has 2 aromatic heterocycles. The summed E-state index contributed by atoms with van der Waals surface area (Å²) in [5, 5.41) is 14.2. The summed E-state index contributed by atoms with van der Waals surface area (Å²) in [5.41, 5.74) is 3.92. The Morgan fingerprint density at radius 1 is 1.00 bits per heavy atom. The Hall–Kier alpha value is -3.28. The maximum absolute atomic E-state index is 4.55. The average Bonchev–Trinajstić information content (AvgIpc) is 3.14. The summed E-state index contributed by atoms with van der Waals surface area (Å²) in [7, 11) is 3.75. The predicted octanol–water partition coefficient (Wildman–Crippen LogP) is 3.81. The fraction of sp³-hybridized carbons (Fsp3) is 0.111. The summed E-state index contributed by atoms with van der Waals surface area (Å²) in [5.74, 6) is 0.680. The van der Waals surface area contributed by atoms with Gasteiger partial charge in [0.05, 0.1) is 19.8 Å². The fourth-order valence-corrected chi connectivity index (χ4v) is 2.76. The highest BCUT2D eigenvalue weighted by Gasteiger charge is 2.16. The van der Waals surface area contributed by atoms with Crippen LogP contribution in [0.15, 0.2) is 71.2 Å². The molecular formula is C18H17N6+. The monoisotopic (exact) mass is 317 g/mol. The topological polar surface area (TPSA) is 62.2 Å². The lowest BCUT2D eigenvalue weighted by Crippen LogP contribution is -2.25. The number of para-hydroxylation sites is 1. The first kappa shape index (κ1) is 14.3. The summed E-state index contributed by atoms with van der Waals surface area (Å²) in [6.07, 6.45) is 1.71. The number of azo groups is 1. The van der Waals surface area contributed by atoms with E-state index < -0.39 is 0 Å². The highest BCUT2D eigenvalue weighted by atomic mass is 15.4. The van der Waals surface area contributed by atoms with Crippen LogP contribution in [0.2, 0.25) is 0 Å². The molecule has 24 heavy (non-hydrogen) atoms. The number of hydrogen-bond acceptors (Lipinski definition) is 3. The van der Waals surface area contributed by atoms with Crippen LogP contribution in [0.4, 0.5) is 11.6 Å². The highest BCUT2D eigenvalue weighted by molar-refractivity contribution is 5.99. The lowest BCUT2D eigenvalue weighted by Gasteiger charge is -1.98. The summed E-state index contributed by atoms with van der Waals surface area (Å²) in [4.78, 5) is 3.46. The van der Waals surface area contributed by atoms with Crippen LogP contribution in [-0.4, -0.2) is 14.8 Å². The molecule has 0 aliphatic heterocycles. The van der Waals surface area contributed by atoms with Crippen molar-refractivity contribution in [3.8, 4) is 11.3 Å². The molecule has 4 aromatic rings. The van der Waals surface area contributed by atoms with Gasteiger partial charge in [-0.05, 0) is 11.2 Å². The smallest absolute Gasteiger partial charge is 0.353 e. The predicted molar refractivity (Wildman–Crippen MR) is 92.3 cm³/mol. The van der Waals surface area contributed by atoms with Crippen LogP contribution in [0, 0.1) is 0 Å². The molecule has 6 nitrogen and oxygen atoms in total. The molecule has 0 fully saturated rings. The van der Waals surface area contributed by atoms with Crippen molar-refractivity contribution in [2.24, 2.45) is 24.3 Å². The summed E-state index contributed by atoms with van der Waals surface area (Å²) in [6, 6.07) is 18.3. The molecule has 0 atom stereocenters. The number of aryl methyl sites for hydroxylation is 2. The number of nitrogens with one attached hydrogen (secondary N) is 1. The van der Waals surface area contributed by atoms with Gasteiger partial charge < -0.3 is 4.98 Å². The van der Waals surface area contributed by atoms with Gasteiger partial charge >= 0.3 is 5.95 Å². The molecule has 0 amide bonds. The first-order chi connectivity index (χ1) is 11.7. The number of fused-ring (bicyclic) bond motifs is 1. The van der Waals surface area contributed by atoms with Crippen molar-refractivity contribution in [2.45, 2.75) is 0 Å². The van der Waals surface area contributed by atoms with E-state index in [1.807, 2.05) is 55.1 Å². The third-order valence-corrected chi connectivity index (χ3v) is 3.98. The van der Waals surface area contributed by atoms with Crippen LogP contribution in [0.5, 0.6) is 0 Å². The molecule has 1 N–H and O–H groups in total. The molecule has 0 saturated heterocycles. The van der Waals surface area contributed by atoms with Crippen molar-refractivity contribution in [1.29, 1.82) is 0 Å². The maximum atomic E-state index is 4.55. The third kappa shape index (κ3) is 2.38. The normalized spacial score (nSPS) is 11.6. The molecule has 0 aliphatic rings. The number of nitrogens with zero attached hydrogens (tertiary/aromatic N) is 5. The first-order valence-corrected chi connectivity index (χ1v) is 7.69. The van der Waals surface area contributed by atoms with Gasteiger partial charge in [-0.15, -0.1) is 4.68 Å². The zero-order chi connectivity index (χ0) is 16.5. The van der Waals surface area contributed by atoms with Crippen LogP contribution in [-0.2, 0) is 14.1 Å². The van der Waals surface area contributed by atoms with Crippen LogP contribution in [0.3, 0.4) is 0 Å². The second-order valence-corrected chi connectivity index (χ2v) is 5.63. The number of aromatic nitrogens is 4. The number of rotatable bonds is 3. The zero-order valence-corrected chi connectivity index (χ0v) is 13.5. The fourth-order valence-electron chi connectivity index (χ4n) is 2.76. The minimum Gasteiger partial charge on any atom is -0.353 e. The minimum absolute atomic E-state index is 0.680. The van der Waals surface area contributed by atoms with Gasteiger partial charge in [0.2, 0.25) is 6.33 Å². The van der Waals surface area contributed by atoms with E-state index >= 15 is 0 Å².